The van der Waals surface area contributed by atoms with Crippen LogP contribution in [0, 0.1) is 23.7 Å². The van der Waals surface area contributed by atoms with Gasteiger partial charge in [0.15, 0.2) is 0 Å². The Morgan fingerprint density at radius 2 is 1.83 bits per heavy atom. The summed E-state index contributed by atoms with van der Waals surface area (Å²) in [5, 5.41) is 12.3. The van der Waals surface area contributed by atoms with Crippen molar-refractivity contribution in [1.29, 1.82) is 5.26 Å². The second-order valence-corrected chi connectivity index (χ2v) is 6.84. The minimum absolute atomic E-state index is 0.233. The molecule has 0 aliphatic rings. The number of hydrogen-bond donors (Lipinski definition) is 1. The van der Waals surface area contributed by atoms with Gasteiger partial charge in [-0.15, -0.1) is 0 Å². The molecule has 0 heterocycles. The van der Waals surface area contributed by atoms with Crippen molar-refractivity contribution < 1.29 is 0 Å². The van der Waals surface area contributed by atoms with Crippen molar-refractivity contribution in [3.63, 3.8) is 0 Å². The van der Waals surface area contributed by atoms with Gasteiger partial charge in [0, 0.05) is 15.5 Å². The van der Waals surface area contributed by atoms with Crippen LogP contribution in [0.15, 0.2) is 21.1 Å². The molecule has 0 fully saturated rings. The number of benzene rings is 1. The fourth-order valence-corrected chi connectivity index (χ4v) is 3.36. The maximum absolute atomic E-state index is 8.94. The lowest BCUT2D eigenvalue weighted by atomic mass is 9.90. The Bertz CT molecular complexity index is 438. The van der Waals surface area contributed by atoms with E-state index in [0.717, 1.165) is 34.0 Å². The van der Waals surface area contributed by atoms with Crippen molar-refractivity contribution in [2.75, 3.05) is 11.9 Å². The lowest BCUT2D eigenvalue weighted by molar-refractivity contribution is 0.441. The molecule has 0 atom stereocenters. The highest BCUT2D eigenvalue weighted by atomic mass is 79.9. The normalized spacial score (nSPS) is 11.1. The van der Waals surface area contributed by atoms with Crippen molar-refractivity contribution in [2.24, 2.45) is 5.41 Å². The maximum atomic E-state index is 8.94. The molecule has 98 valence electrons. The number of nitrogens with zero attached hydrogens (tertiary/aromatic N) is 1. The first-order valence-corrected chi connectivity index (χ1v) is 7.55. The number of anilines is 1. The predicted octanol–water partition coefficient (Wildman–Crippen LogP) is 5.26. The number of halogens is 2. The monoisotopic (exact) mass is 372 g/mol. The van der Waals surface area contributed by atoms with Gasteiger partial charge in [0.25, 0.3) is 0 Å². The number of nitrogens with one attached hydrogen (secondary N) is 1. The van der Waals surface area contributed by atoms with Crippen LogP contribution in [0.4, 0.5) is 5.69 Å². The van der Waals surface area contributed by atoms with E-state index in [1.165, 1.54) is 5.56 Å². The first-order valence-electron chi connectivity index (χ1n) is 5.96. The summed E-state index contributed by atoms with van der Waals surface area (Å²) in [5.74, 6) is 0. The van der Waals surface area contributed by atoms with E-state index in [-0.39, 0.29) is 5.41 Å². The minimum atomic E-state index is -0.233. The highest BCUT2D eigenvalue weighted by molar-refractivity contribution is 9.11. The van der Waals surface area contributed by atoms with Gasteiger partial charge >= 0.3 is 0 Å². The number of nitriles is 1. The van der Waals surface area contributed by atoms with E-state index >= 15 is 0 Å². The largest absolute Gasteiger partial charge is 0.383 e. The van der Waals surface area contributed by atoms with Gasteiger partial charge in [-0.05, 0) is 83.2 Å². The van der Waals surface area contributed by atoms with Gasteiger partial charge in [0.05, 0.1) is 17.2 Å². The van der Waals surface area contributed by atoms with Gasteiger partial charge < -0.3 is 5.32 Å². The first kappa shape index (κ1) is 15.5. The molecule has 1 aromatic rings. The second-order valence-electron chi connectivity index (χ2n) is 5.13. The van der Waals surface area contributed by atoms with E-state index in [4.69, 9.17) is 5.26 Å². The lowest BCUT2D eigenvalue weighted by Crippen LogP contribution is -2.11. The predicted molar refractivity (Wildman–Crippen MR) is 83.7 cm³/mol. The molecular weight excluding hydrogens is 356 g/mol. The fraction of sp³-hybridized carbons (Fsp3) is 0.500. The summed E-state index contributed by atoms with van der Waals surface area (Å²) >= 11 is 7.12. The highest BCUT2D eigenvalue weighted by Crippen LogP contribution is 2.32. The van der Waals surface area contributed by atoms with Gasteiger partial charge in [-0.1, -0.05) is 0 Å². The summed E-state index contributed by atoms with van der Waals surface area (Å²) in [4.78, 5) is 0. The number of aryl methyl sites for hydroxylation is 1. The molecule has 4 heteroatoms. The van der Waals surface area contributed by atoms with Crippen molar-refractivity contribution in [1.82, 2.24) is 0 Å². The van der Waals surface area contributed by atoms with Crippen LogP contribution in [0.2, 0.25) is 0 Å². The molecule has 0 saturated heterocycles. The van der Waals surface area contributed by atoms with Gasteiger partial charge in [-0.25, -0.2) is 0 Å². The van der Waals surface area contributed by atoms with E-state index in [2.05, 4.69) is 62.3 Å². The number of rotatable bonds is 5. The molecule has 0 spiro atoms. The highest BCUT2D eigenvalue weighted by Gasteiger charge is 2.15. The Morgan fingerprint density at radius 3 is 2.33 bits per heavy atom. The van der Waals surface area contributed by atoms with Crippen LogP contribution in [-0.2, 0) is 0 Å². The summed E-state index contributed by atoms with van der Waals surface area (Å²) < 4.78 is 2.13. The number of hydrogen-bond acceptors (Lipinski definition) is 2. The molecule has 0 saturated carbocycles. The van der Waals surface area contributed by atoms with E-state index in [9.17, 15) is 0 Å². The Kier molecular flexibility index (Phi) is 5.68. The average molecular weight is 374 g/mol. The molecule has 18 heavy (non-hydrogen) atoms. The standard InChI is InChI=1S/C14H18Br2N2/c1-10-7-11(15)13(12(16)8-10)18-6-4-5-14(2,3)9-17/h7-8,18H,4-6H2,1-3H3. The van der Waals surface area contributed by atoms with Crippen LogP contribution in [0.25, 0.3) is 0 Å². The molecule has 0 radical (unpaired) electrons. The molecule has 0 amide bonds. The van der Waals surface area contributed by atoms with Crippen molar-refractivity contribution >= 4 is 37.5 Å². The summed E-state index contributed by atoms with van der Waals surface area (Å²) in [6, 6.07) is 6.50. The van der Waals surface area contributed by atoms with Crippen LogP contribution in [0.1, 0.15) is 32.3 Å². The van der Waals surface area contributed by atoms with Crippen molar-refractivity contribution in [3.05, 3.63) is 26.6 Å². The zero-order valence-electron chi connectivity index (χ0n) is 11.0. The Balaban J connectivity index is 2.53. The van der Waals surface area contributed by atoms with Crippen LogP contribution in [-0.4, -0.2) is 6.54 Å². The molecule has 0 aliphatic carbocycles. The van der Waals surface area contributed by atoms with Crippen LogP contribution >= 0.6 is 31.9 Å². The van der Waals surface area contributed by atoms with Crippen LogP contribution in [0.5, 0.6) is 0 Å². The smallest absolute Gasteiger partial charge is 0.0683 e. The fourth-order valence-electron chi connectivity index (χ4n) is 1.67. The summed E-state index contributed by atoms with van der Waals surface area (Å²) in [6.07, 6.45) is 1.88. The van der Waals surface area contributed by atoms with Gasteiger partial charge in [-0.3, -0.25) is 0 Å². The van der Waals surface area contributed by atoms with Crippen molar-refractivity contribution in [3.8, 4) is 6.07 Å². The van der Waals surface area contributed by atoms with Gasteiger partial charge in [0.2, 0.25) is 0 Å². The molecule has 0 aromatic heterocycles. The SMILES string of the molecule is Cc1cc(Br)c(NCCCC(C)(C)C#N)c(Br)c1. The van der Waals surface area contributed by atoms with Crippen LogP contribution < -0.4 is 5.32 Å². The molecule has 0 aliphatic heterocycles. The Morgan fingerprint density at radius 1 is 1.28 bits per heavy atom. The third-order valence-electron chi connectivity index (χ3n) is 2.77. The lowest BCUT2D eigenvalue weighted by Gasteiger charge is -2.16. The van der Waals surface area contributed by atoms with E-state index in [1.54, 1.807) is 0 Å². The minimum Gasteiger partial charge on any atom is -0.383 e. The molecule has 1 aromatic carbocycles. The first-order chi connectivity index (χ1) is 8.35. The van der Waals surface area contributed by atoms with Gasteiger partial charge in [0.1, 0.15) is 0 Å². The molecule has 1 N–H and O–H groups in total. The van der Waals surface area contributed by atoms with E-state index in [0.29, 0.717) is 0 Å². The maximum Gasteiger partial charge on any atom is 0.0683 e. The molecule has 0 bridgehead atoms. The second kappa shape index (κ2) is 6.58. The summed E-state index contributed by atoms with van der Waals surface area (Å²) in [5.41, 5.74) is 2.06. The van der Waals surface area contributed by atoms with Crippen LogP contribution in [0.3, 0.4) is 0 Å². The summed E-state index contributed by atoms with van der Waals surface area (Å²) in [7, 11) is 0. The topological polar surface area (TPSA) is 35.8 Å². The van der Waals surface area contributed by atoms with E-state index in [1.807, 2.05) is 13.8 Å². The Hall–Kier alpha value is -0.530. The van der Waals surface area contributed by atoms with Gasteiger partial charge in [-0.2, -0.15) is 5.26 Å². The molecule has 1 rings (SSSR count). The quantitative estimate of drug-likeness (QED) is 0.714. The molecule has 2 nitrogen and oxygen atoms in total. The third-order valence-corrected chi connectivity index (χ3v) is 4.02. The summed E-state index contributed by atoms with van der Waals surface area (Å²) in [6.45, 7) is 6.88. The van der Waals surface area contributed by atoms with E-state index < -0.39 is 0 Å². The zero-order valence-corrected chi connectivity index (χ0v) is 14.2. The molecular formula is C14H18Br2N2. The van der Waals surface area contributed by atoms with Crippen molar-refractivity contribution in [2.45, 2.75) is 33.6 Å². The average Bonchev–Trinajstić information content (AvgIpc) is 2.26. The third kappa shape index (κ3) is 4.62. The Labute approximate surface area is 126 Å². The molecule has 0 unspecified atom stereocenters. The zero-order chi connectivity index (χ0) is 13.8.